The van der Waals surface area contributed by atoms with Crippen molar-refractivity contribution < 1.29 is 55.0 Å². The number of rotatable bonds is 17. The van der Waals surface area contributed by atoms with E-state index < -0.39 is 75.7 Å². The van der Waals surface area contributed by atoms with Gasteiger partial charge in [0.15, 0.2) is 10.2 Å². The number of nitrogens with zero attached hydrogens (tertiary/aromatic N) is 10. The number of methoxy groups -OCH3 is 1. The molecule has 464 valence electrons. The van der Waals surface area contributed by atoms with Crippen molar-refractivity contribution in [3.8, 4) is 12.1 Å². The molecule has 24 heteroatoms. The van der Waals surface area contributed by atoms with Gasteiger partial charge in [0, 0.05) is 62.4 Å². The molecule has 6 aliphatic rings. The lowest BCUT2D eigenvalue weighted by Crippen LogP contribution is -2.63. The average Bonchev–Trinajstić information content (AvgIpc) is 1.72. The average molecular weight is 1230 g/mol. The summed E-state index contributed by atoms with van der Waals surface area (Å²) in [4.78, 5) is 69.8. The van der Waals surface area contributed by atoms with Crippen LogP contribution in [0.4, 0.5) is 37.7 Å². The Morgan fingerprint density at radius 2 is 1.01 bits per heavy atom. The molecule has 0 bridgehead atoms. The second kappa shape index (κ2) is 26.1. The Hall–Kier alpha value is -5.50. The Morgan fingerprint density at radius 1 is 0.635 bits per heavy atom. The molecule has 4 saturated heterocycles. The van der Waals surface area contributed by atoms with Crippen molar-refractivity contribution in [3.63, 3.8) is 0 Å². The van der Waals surface area contributed by atoms with Gasteiger partial charge in [-0.15, -0.1) is 0 Å². The normalized spacial score (nSPS) is 27.7. The molecule has 4 aliphatic heterocycles. The van der Waals surface area contributed by atoms with Gasteiger partial charge in [0.2, 0.25) is 0 Å². The van der Waals surface area contributed by atoms with Gasteiger partial charge in [-0.2, -0.15) is 36.9 Å². The number of halogens is 6. The largest absolute Gasteiger partial charge is 0.465 e. The third-order valence-electron chi connectivity index (χ3n) is 18.8. The molecule has 2 saturated carbocycles. The van der Waals surface area contributed by atoms with Gasteiger partial charge in [0.05, 0.1) is 59.4 Å². The van der Waals surface area contributed by atoms with Crippen molar-refractivity contribution in [2.75, 3.05) is 62.7 Å². The number of hydrogen-bond donors (Lipinski definition) is 0. The zero-order chi connectivity index (χ0) is 62.2. The first-order valence-electron chi connectivity index (χ1n) is 29.8. The maximum absolute atomic E-state index is 13.9. The molecule has 0 aromatic heterocycles. The molecule has 2 aromatic carbocycles. The van der Waals surface area contributed by atoms with Crippen molar-refractivity contribution in [2.45, 2.75) is 198 Å². The summed E-state index contributed by atoms with van der Waals surface area (Å²) in [6.45, 7) is 19.8. The quantitative estimate of drug-likeness (QED) is 0.0835. The Kier molecular flexibility index (Phi) is 20.1. The number of amides is 2. The van der Waals surface area contributed by atoms with E-state index in [1.165, 1.54) is 29.0 Å². The predicted octanol–water partition coefficient (Wildman–Crippen LogP) is 10.1. The zero-order valence-corrected chi connectivity index (χ0v) is 51.7. The van der Waals surface area contributed by atoms with Crippen LogP contribution in [0, 0.1) is 34.5 Å². The molecule has 4 heterocycles. The summed E-state index contributed by atoms with van der Waals surface area (Å²) in [6.07, 6.45) is -0.0380. The minimum atomic E-state index is -4.78. The number of nitriles is 2. The van der Waals surface area contributed by atoms with Gasteiger partial charge in [-0.1, -0.05) is 0 Å². The molecule has 0 spiro atoms. The Bertz CT molecular complexity index is 2910. The van der Waals surface area contributed by atoms with Gasteiger partial charge in [0.1, 0.15) is 11.1 Å². The summed E-state index contributed by atoms with van der Waals surface area (Å²) in [5, 5.41) is 18.9. The number of esters is 2. The number of carbonyl (C=O) groups is 4. The Labute approximate surface area is 506 Å². The minimum Gasteiger partial charge on any atom is -0.465 e. The maximum atomic E-state index is 13.9. The second-order valence-corrected chi connectivity index (χ2v) is 26.1. The van der Waals surface area contributed by atoms with E-state index in [0.29, 0.717) is 24.9 Å². The molecule has 0 radical (unpaired) electrons. The van der Waals surface area contributed by atoms with Crippen LogP contribution in [0.2, 0.25) is 0 Å². The fourth-order valence-corrected chi connectivity index (χ4v) is 15.7. The van der Waals surface area contributed by atoms with Gasteiger partial charge >= 0.3 is 24.3 Å². The third-order valence-corrected chi connectivity index (χ3v) is 19.6. The Morgan fingerprint density at radius 3 is 1.36 bits per heavy atom. The summed E-state index contributed by atoms with van der Waals surface area (Å²) >= 11 is 11.6. The van der Waals surface area contributed by atoms with Gasteiger partial charge in [-0.3, -0.25) is 34.0 Å². The smallest absolute Gasteiger partial charge is 0.417 e. The molecule has 8 rings (SSSR count). The number of hydrogen-bond acceptors (Lipinski definition) is 14. The first kappa shape index (κ1) is 65.5. The molecule has 2 aromatic rings. The summed E-state index contributed by atoms with van der Waals surface area (Å²) in [5.41, 5.74) is -5.44. The van der Waals surface area contributed by atoms with Crippen LogP contribution in [0.15, 0.2) is 36.4 Å². The van der Waals surface area contributed by atoms with Crippen molar-refractivity contribution >= 4 is 69.8 Å². The molecule has 6 fully saturated rings. The molecule has 2 aliphatic carbocycles. The second-order valence-electron chi connectivity index (χ2n) is 25.4. The van der Waals surface area contributed by atoms with E-state index in [4.69, 9.17) is 33.9 Å². The monoisotopic (exact) mass is 1230 g/mol. The standard InChI is InChI=1S/C61H80F6N10O6S2/c1-37-32-70(26-10-12-41-14-20-45(21-15-41)76-56(84)74(54(80)58(76,5)6)47-24-18-43(30-68)49(28-47)60(62,63)64)33-38(2)72(37)36-51(78)83-52(53(79)82-9)73-39(3)34-71(35-40(73)4)27-11-13-42-16-22-46(23-17-42)77-57(85)75(55(81)59(77,7)8)48-25-19-44(31-69)50(29-48)61(65,66)67/h18-19,24-25,28-29,37-42,45-46,52H,10-17,20-23,26-27,32-36H2,1-9H3/t37-,38+,39-,40+,41?,42?,45?,46?,52?. The van der Waals surface area contributed by atoms with Gasteiger partial charge in [-0.25, -0.2) is 4.79 Å². The highest BCUT2D eigenvalue weighted by Gasteiger charge is 2.55. The van der Waals surface area contributed by atoms with E-state index in [-0.39, 0.29) is 64.4 Å². The van der Waals surface area contributed by atoms with Crippen LogP contribution in [-0.2, 0) is 41.0 Å². The van der Waals surface area contributed by atoms with Crippen LogP contribution < -0.4 is 9.80 Å². The van der Waals surface area contributed by atoms with Gasteiger partial charge in [-0.05, 0) is 218 Å². The van der Waals surface area contributed by atoms with Crippen LogP contribution in [0.25, 0.3) is 0 Å². The fraction of sp³-hybridized carbons (Fsp3) is 0.672. The van der Waals surface area contributed by atoms with E-state index in [1.807, 2.05) is 28.5 Å². The number of anilines is 2. The van der Waals surface area contributed by atoms with Crippen LogP contribution >= 0.6 is 24.4 Å². The van der Waals surface area contributed by atoms with Crippen LogP contribution in [0.3, 0.4) is 0 Å². The first-order valence-corrected chi connectivity index (χ1v) is 30.6. The number of alkyl halides is 6. The number of piperazine rings is 2. The topological polar surface area (TPSA) is 160 Å². The highest BCUT2D eigenvalue weighted by molar-refractivity contribution is 7.80. The lowest BCUT2D eigenvalue weighted by molar-refractivity contribution is -0.190. The van der Waals surface area contributed by atoms with Crippen molar-refractivity contribution in [3.05, 3.63) is 58.7 Å². The van der Waals surface area contributed by atoms with E-state index in [9.17, 15) is 56.0 Å². The minimum absolute atomic E-state index is 0.00957. The highest BCUT2D eigenvalue weighted by Crippen LogP contribution is 2.44. The maximum Gasteiger partial charge on any atom is 0.417 e. The molecule has 85 heavy (non-hydrogen) atoms. The summed E-state index contributed by atoms with van der Waals surface area (Å²) < 4.78 is 94.5. The summed E-state index contributed by atoms with van der Waals surface area (Å²) in [7, 11) is 1.30. The van der Waals surface area contributed by atoms with Crippen molar-refractivity contribution in [1.82, 2.24) is 29.4 Å². The molecule has 2 amide bonds. The summed E-state index contributed by atoms with van der Waals surface area (Å²) in [6, 6.07) is 9.34. The number of thiocarbonyl (C=S) groups is 2. The molecule has 5 atom stereocenters. The molecular formula is C61H80F6N10O6S2. The lowest BCUT2D eigenvalue weighted by atomic mass is 9.82. The van der Waals surface area contributed by atoms with Gasteiger partial charge in [0.25, 0.3) is 18.0 Å². The van der Waals surface area contributed by atoms with Crippen LogP contribution in [-0.4, -0.2) is 170 Å². The van der Waals surface area contributed by atoms with Crippen LogP contribution in [0.1, 0.15) is 155 Å². The van der Waals surface area contributed by atoms with Crippen molar-refractivity contribution in [2.24, 2.45) is 11.8 Å². The zero-order valence-electron chi connectivity index (χ0n) is 50.1. The molecule has 0 N–H and O–H groups in total. The number of carbonyl (C=O) groups excluding carboxylic acids is 4. The van der Waals surface area contributed by atoms with Crippen molar-refractivity contribution in [1.29, 1.82) is 10.5 Å². The molecule has 1 unspecified atom stereocenters. The summed E-state index contributed by atoms with van der Waals surface area (Å²) in [5.74, 6) is -1.04. The fourth-order valence-electron chi connectivity index (χ4n) is 14.6. The highest BCUT2D eigenvalue weighted by atomic mass is 32.1. The van der Waals surface area contributed by atoms with E-state index >= 15 is 0 Å². The van der Waals surface area contributed by atoms with E-state index in [1.54, 1.807) is 39.8 Å². The Balaban J connectivity index is 0.751. The van der Waals surface area contributed by atoms with Crippen LogP contribution in [0.5, 0.6) is 0 Å². The predicted molar refractivity (Wildman–Crippen MR) is 315 cm³/mol. The first-order chi connectivity index (χ1) is 39.9. The lowest BCUT2D eigenvalue weighted by Gasteiger charge is -2.47. The van der Waals surface area contributed by atoms with E-state index in [0.717, 1.165) is 127 Å². The SMILES string of the molecule is COC(=O)C(OC(=O)CN1[C@H](C)CN(CCCC2CCC(N3C(=S)N(c4ccc(C#N)c(C(F)(F)F)c4)C(=O)C3(C)C)CC2)C[C@@H]1C)N1[C@H](C)CN(CCCC2CCC(N3C(=S)N(c4ccc(C#N)c(C(F)(F)F)c4)C(=O)C3(C)C)CC2)C[C@@H]1C. The number of benzene rings is 2. The number of ether oxygens (including phenoxy) is 2. The van der Waals surface area contributed by atoms with Gasteiger partial charge < -0.3 is 29.1 Å². The molecule has 16 nitrogen and oxygen atoms in total. The van der Waals surface area contributed by atoms with E-state index in [2.05, 4.69) is 28.5 Å². The molecular weight excluding hydrogens is 1150 g/mol. The third kappa shape index (κ3) is 13.8.